The van der Waals surface area contributed by atoms with Gasteiger partial charge in [0.15, 0.2) is 11.0 Å². The minimum atomic E-state index is -0.163. The highest BCUT2D eigenvalue weighted by Gasteiger charge is 2.30. The summed E-state index contributed by atoms with van der Waals surface area (Å²) in [5.41, 5.74) is -0.163. The van der Waals surface area contributed by atoms with Crippen LogP contribution in [0.1, 0.15) is 46.1 Å². The summed E-state index contributed by atoms with van der Waals surface area (Å²) in [6.07, 6.45) is 3.24. The molecule has 0 aliphatic heterocycles. The smallest absolute Gasteiger partial charge is 0.230 e. The molecule has 2 aromatic rings. The lowest BCUT2D eigenvalue weighted by molar-refractivity contribution is -0.120. The molecular weight excluding hydrogens is 328 g/mol. The van der Waals surface area contributed by atoms with Crippen molar-refractivity contribution >= 4 is 29.0 Å². The molecule has 0 unspecified atom stereocenters. The van der Waals surface area contributed by atoms with Crippen LogP contribution in [0.4, 0.5) is 0 Å². The molecule has 7 heteroatoms. The van der Waals surface area contributed by atoms with Gasteiger partial charge in [0.05, 0.1) is 10.6 Å². The van der Waals surface area contributed by atoms with Crippen LogP contribution in [0.3, 0.4) is 0 Å². The summed E-state index contributed by atoms with van der Waals surface area (Å²) in [4.78, 5) is 13.3. The first kappa shape index (κ1) is 16.5. The SMILES string of the molecule is CCC(C)(C)NC(=O)CSc1nnc(-c2cccs2)n1C1CC1. The summed E-state index contributed by atoms with van der Waals surface area (Å²) < 4.78 is 2.20. The predicted molar refractivity (Wildman–Crippen MR) is 94.8 cm³/mol. The van der Waals surface area contributed by atoms with Crippen molar-refractivity contribution in [1.29, 1.82) is 0 Å². The van der Waals surface area contributed by atoms with Crippen molar-refractivity contribution in [2.24, 2.45) is 0 Å². The number of nitrogens with one attached hydrogen (secondary N) is 1. The third-order valence-electron chi connectivity index (χ3n) is 4.01. The molecule has 3 rings (SSSR count). The van der Waals surface area contributed by atoms with Gasteiger partial charge in [-0.15, -0.1) is 21.5 Å². The van der Waals surface area contributed by atoms with Gasteiger partial charge in [-0.1, -0.05) is 24.8 Å². The number of hydrogen-bond donors (Lipinski definition) is 1. The molecule has 0 radical (unpaired) electrons. The van der Waals surface area contributed by atoms with Crippen molar-refractivity contribution in [2.75, 3.05) is 5.75 Å². The Bertz CT molecular complexity index is 674. The number of thioether (sulfide) groups is 1. The van der Waals surface area contributed by atoms with Gasteiger partial charge in [0.25, 0.3) is 0 Å². The number of rotatable bonds is 7. The summed E-state index contributed by atoms with van der Waals surface area (Å²) in [6.45, 7) is 6.15. The van der Waals surface area contributed by atoms with Crippen LogP contribution < -0.4 is 5.32 Å². The minimum absolute atomic E-state index is 0.0462. The summed E-state index contributed by atoms with van der Waals surface area (Å²) in [5, 5.41) is 14.6. The Morgan fingerprint density at radius 3 is 2.87 bits per heavy atom. The van der Waals surface area contributed by atoms with E-state index in [-0.39, 0.29) is 11.4 Å². The first-order valence-electron chi connectivity index (χ1n) is 7.93. The molecule has 1 saturated carbocycles. The van der Waals surface area contributed by atoms with Gasteiger partial charge in [-0.25, -0.2) is 0 Å². The highest BCUT2D eigenvalue weighted by Crippen LogP contribution is 2.41. The molecule has 0 saturated heterocycles. The van der Waals surface area contributed by atoms with E-state index >= 15 is 0 Å². The lowest BCUT2D eigenvalue weighted by Crippen LogP contribution is -2.43. The van der Waals surface area contributed by atoms with E-state index in [0.29, 0.717) is 11.8 Å². The number of amides is 1. The fourth-order valence-corrected chi connectivity index (χ4v) is 3.75. The maximum atomic E-state index is 12.1. The van der Waals surface area contributed by atoms with Crippen LogP contribution in [0.25, 0.3) is 10.7 Å². The number of carbonyl (C=O) groups is 1. The molecule has 124 valence electrons. The summed E-state index contributed by atoms with van der Waals surface area (Å²) >= 11 is 3.15. The molecule has 23 heavy (non-hydrogen) atoms. The second-order valence-corrected chi connectivity index (χ2v) is 8.35. The molecule has 1 N–H and O–H groups in total. The van der Waals surface area contributed by atoms with Crippen molar-refractivity contribution in [3.05, 3.63) is 17.5 Å². The van der Waals surface area contributed by atoms with E-state index in [2.05, 4.69) is 33.1 Å². The number of nitrogens with zero attached hydrogens (tertiary/aromatic N) is 3. The summed E-state index contributed by atoms with van der Waals surface area (Å²) in [5.74, 6) is 1.35. The second-order valence-electron chi connectivity index (χ2n) is 6.46. The highest BCUT2D eigenvalue weighted by molar-refractivity contribution is 7.99. The molecule has 1 fully saturated rings. The van der Waals surface area contributed by atoms with Crippen LogP contribution in [0.5, 0.6) is 0 Å². The fraction of sp³-hybridized carbons (Fsp3) is 0.562. The normalized spacial score (nSPS) is 14.9. The Balaban J connectivity index is 1.70. The summed E-state index contributed by atoms with van der Waals surface area (Å²) in [6, 6.07) is 4.58. The van der Waals surface area contributed by atoms with E-state index < -0.39 is 0 Å². The maximum Gasteiger partial charge on any atom is 0.230 e. The highest BCUT2D eigenvalue weighted by atomic mass is 32.2. The first-order chi connectivity index (χ1) is 11.0. The van der Waals surface area contributed by atoms with E-state index in [1.165, 1.54) is 24.6 Å². The van der Waals surface area contributed by atoms with Gasteiger partial charge in [0.2, 0.25) is 5.91 Å². The summed E-state index contributed by atoms with van der Waals surface area (Å²) in [7, 11) is 0. The number of thiophene rings is 1. The van der Waals surface area contributed by atoms with Gasteiger partial charge in [0.1, 0.15) is 0 Å². The van der Waals surface area contributed by atoms with Gasteiger partial charge < -0.3 is 5.32 Å². The zero-order valence-electron chi connectivity index (χ0n) is 13.7. The molecule has 5 nitrogen and oxygen atoms in total. The van der Waals surface area contributed by atoms with Gasteiger partial charge in [-0.3, -0.25) is 9.36 Å². The van der Waals surface area contributed by atoms with Crippen LogP contribution in [-0.4, -0.2) is 32.0 Å². The van der Waals surface area contributed by atoms with E-state index in [0.717, 1.165) is 22.3 Å². The number of hydrogen-bond acceptors (Lipinski definition) is 5. The van der Waals surface area contributed by atoms with Gasteiger partial charge in [-0.2, -0.15) is 0 Å². The standard InChI is InChI=1S/C16H22N4OS2/c1-4-16(2,3)17-13(21)10-23-15-19-18-14(12-6-5-9-22-12)20(15)11-7-8-11/h5-6,9,11H,4,7-8,10H2,1-3H3,(H,17,21). The number of carbonyl (C=O) groups excluding carboxylic acids is 1. The van der Waals surface area contributed by atoms with Crippen LogP contribution in [0, 0.1) is 0 Å². The molecule has 0 spiro atoms. The minimum Gasteiger partial charge on any atom is -0.351 e. The van der Waals surface area contributed by atoms with Gasteiger partial charge >= 0.3 is 0 Å². The van der Waals surface area contributed by atoms with Gasteiger partial charge in [-0.05, 0) is 44.6 Å². The van der Waals surface area contributed by atoms with Crippen LogP contribution in [-0.2, 0) is 4.79 Å². The van der Waals surface area contributed by atoms with Crippen molar-refractivity contribution in [3.8, 4) is 10.7 Å². The first-order valence-corrected chi connectivity index (χ1v) is 9.79. The maximum absolute atomic E-state index is 12.1. The Labute approximate surface area is 144 Å². The molecule has 0 atom stereocenters. The number of aromatic nitrogens is 3. The van der Waals surface area contributed by atoms with E-state index in [1.807, 2.05) is 25.3 Å². The molecule has 1 aliphatic rings. The molecule has 2 aromatic heterocycles. The third-order valence-corrected chi connectivity index (χ3v) is 5.82. The Kier molecular flexibility index (Phi) is 4.77. The average Bonchev–Trinajstić information content (AvgIpc) is 3.04. The zero-order chi connectivity index (χ0) is 16.4. The Morgan fingerprint density at radius 2 is 2.26 bits per heavy atom. The Morgan fingerprint density at radius 1 is 1.48 bits per heavy atom. The average molecular weight is 351 g/mol. The van der Waals surface area contributed by atoms with Crippen LogP contribution in [0.2, 0.25) is 0 Å². The molecule has 1 amide bonds. The van der Waals surface area contributed by atoms with E-state index in [1.54, 1.807) is 11.3 Å². The van der Waals surface area contributed by atoms with Crippen LogP contribution >= 0.6 is 23.1 Å². The molecular formula is C16H22N4OS2. The monoisotopic (exact) mass is 350 g/mol. The lowest BCUT2D eigenvalue weighted by atomic mass is 10.0. The third kappa shape index (κ3) is 3.95. The van der Waals surface area contributed by atoms with Crippen molar-refractivity contribution < 1.29 is 4.79 Å². The molecule has 1 aliphatic carbocycles. The quantitative estimate of drug-likeness (QED) is 0.773. The molecule has 2 heterocycles. The fourth-order valence-electron chi connectivity index (χ4n) is 2.24. The second kappa shape index (κ2) is 6.65. The van der Waals surface area contributed by atoms with E-state index in [4.69, 9.17) is 0 Å². The molecule has 0 aromatic carbocycles. The topological polar surface area (TPSA) is 59.8 Å². The van der Waals surface area contributed by atoms with Crippen LogP contribution in [0.15, 0.2) is 22.7 Å². The van der Waals surface area contributed by atoms with Crippen molar-refractivity contribution in [3.63, 3.8) is 0 Å². The van der Waals surface area contributed by atoms with Gasteiger partial charge in [0, 0.05) is 11.6 Å². The van der Waals surface area contributed by atoms with Crippen molar-refractivity contribution in [2.45, 2.75) is 56.8 Å². The van der Waals surface area contributed by atoms with Crippen molar-refractivity contribution in [1.82, 2.24) is 20.1 Å². The molecule has 0 bridgehead atoms. The lowest BCUT2D eigenvalue weighted by Gasteiger charge is -2.24. The zero-order valence-corrected chi connectivity index (χ0v) is 15.3. The Hall–Kier alpha value is -1.34. The van der Waals surface area contributed by atoms with E-state index in [9.17, 15) is 4.79 Å². The predicted octanol–water partition coefficient (Wildman–Crippen LogP) is 3.74. The largest absolute Gasteiger partial charge is 0.351 e.